The Morgan fingerprint density at radius 3 is 1.98 bits per heavy atom. The van der Waals surface area contributed by atoms with Gasteiger partial charge in [0.25, 0.3) is 0 Å². The Labute approximate surface area is 257 Å². The lowest BCUT2D eigenvalue weighted by Gasteiger charge is -2.26. The van der Waals surface area contributed by atoms with Crippen LogP contribution in [0.1, 0.15) is 97.6 Å². The first-order valence-corrected chi connectivity index (χ1v) is 15.6. The summed E-state index contributed by atoms with van der Waals surface area (Å²) < 4.78 is 0. The number of benzene rings is 1. The van der Waals surface area contributed by atoms with Crippen molar-refractivity contribution in [2.24, 2.45) is 11.7 Å². The maximum Gasteiger partial charge on any atom is 0.0233 e. The first kappa shape index (κ1) is 43.0. The summed E-state index contributed by atoms with van der Waals surface area (Å²) in [6, 6.07) is 8.72. The van der Waals surface area contributed by atoms with E-state index in [0.717, 1.165) is 25.4 Å². The second-order valence-electron chi connectivity index (χ2n) is 10.6. The maximum absolute atomic E-state index is 4.50. The van der Waals surface area contributed by atoms with Crippen molar-refractivity contribution in [1.82, 2.24) is 10.2 Å². The van der Waals surface area contributed by atoms with E-state index >= 15 is 0 Å². The van der Waals surface area contributed by atoms with Crippen molar-refractivity contribution < 1.29 is 0 Å². The topological polar surface area (TPSA) is 41.3 Å². The van der Waals surface area contributed by atoms with Crippen molar-refractivity contribution >= 4 is 6.08 Å². The third-order valence-corrected chi connectivity index (χ3v) is 6.52. The molecule has 0 aromatic heterocycles. The van der Waals surface area contributed by atoms with Gasteiger partial charge in [-0.05, 0) is 83.8 Å². The quantitative estimate of drug-likeness (QED) is 0.196. The van der Waals surface area contributed by atoms with Gasteiger partial charge < -0.3 is 11.1 Å². The normalized spacial score (nSPS) is 13.7. The van der Waals surface area contributed by atoms with Crippen molar-refractivity contribution in [3.05, 3.63) is 103 Å². The number of likely N-dealkylation sites (tertiary alicyclic amines) is 1. The minimum atomic E-state index is 0.884. The number of rotatable bonds is 12. The van der Waals surface area contributed by atoms with Crippen LogP contribution < -0.4 is 11.1 Å². The van der Waals surface area contributed by atoms with Crippen LogP contribution in [0.4, 0.5) is 0 Å². The molecular weight excluding hydrogens is 498 g/mol. The van der Waals surface area contributed by atoms with Gasteiger partial charge >= 0.3 is 0 Å². The summed E-state index contributed by atoms with van der Waals surface area (Å²) in [7, 11) is 3.47. The van der Waals surface area contributed by atoms with E-state index in [1.807, 2.05) is 19.2 Å². The Balaban J connectivity index is -0.000000549. The fourth-order valence-corrected chi connectivity index (χ4v) is 3.71. The van der Waals surface area contributed by atoms with E-state index in [1.165, 1.54) is 86.5 Å². The van der Waals surface area contributed by atoms with Crippen molar-refractivity contribution in [2.45, 2.75) is 93.0 Å². The molecule has 0 unspecified atom stereocenters. The predicted octanol–water partition coefficient (Wildman–Crippen LogP) is 10.1. The number of hydrogen-bond acceptors (Lipinski definition) is 3. The SMILES string of the molecule is C=C.C=C/C(C)=C\C=C(CCC)C/C(C)=C\CNC.C=Cc1ccc(CN2CCCCC2)cc1.CCC(C)C.CN. The summed E-state index contributed by atoms with van der Waals surface area (Å²) >= 11 is 0. The van der Waals surface area contributed by atoms with Gasteiger partial charge in [0.1, 0.15) is 0 Å². The van der Waals surface area contributed by atoms with E-state index in [4.69, 9.17) is 0 Å². The van der Waals surface area contributed by atoms with E-state index < -0.39 is 0 Å². The van der Waals surface area contributed by atoms with Crippen LogP contribution in [-0.2, 0) is 6.54 Å². The average Bonchev–Trinajstić information content (AvgIpc) is 3.02. The first-order chi connectivity index (χ1) is 19.8. The monoisotopic (exact) mass is 566 g/mol. The zero-order valence-electron chi connectivity index (χ0n) is 28.4. The third kappa shape index (κ3) is 27.5. The van der Waals surface area contributed by atoms with Crippen molar-refractivity contribution in [2.75, 3.05) is 33.7 Å². The molecule has 1 aromatic carbocycles. The van der Waals surface area contributed by atoms with Crippen molar-refractivity contribution in [3.63, 3.8) is 0 Å². The van der Waals surface area contributed by atoms with Gasteiger partial charge in [-0.25, -0.2) is 0 Å². The highest BCUT2D eigenvalue weighted by atomic mass is 15.1. The Kier molecular flexibility index (Phi) is 33.6. The lowest BCUT2D eigenvalue weighted by molar-refractivity contribution is 0.221. The molecular formula is C38H67N3. The minimum Gasteiger partial charge on any atom is -0.333 e. The number of nitrogens with two attached hydrogens (primary N) is 1. The molecule has 1 heterocycles. The molecule has 41 heavy (non-hydrogen) atoms. The number of allylic oxidation sites excluding steroid dienone is 6. The molecule has 0 aliphatic carbocycles. The minimum absolute atomic E-state index is 0.884. The zero-order chi connectivity index (χ0) is 31.9. The molecule has 3 heteroatoms. The number of hydrogen-bond donors (Lipinski definition) is 2. The van der Waals surface area contributed by atoms with Crippen LogP contribution >= 0.6 is 0 Å². The molecule has 2 rings (SSSR count). The summed E-state index contributed by atoms with van der Waals surface area (Å²) in [6.07, 6.45) is 19.3. The predicted molar refractivity (Wildman–Crippen MR) is 191 cm³/mol. The van der Waals surface area contributed by atoms with Crippen LogP contribution in [-0.4, -0.2) is 38.6 Å². The molecule has 3 nitrogen and oxygen atoms in total. The molecule has 0 radical (unpaired) electrons. The Bertz CT molecular complexity index is 822. The van der Waals surface area contributed by atoms with E-state index in [-0.39, 0.29) is 0 Å². The molecule has 0 spiro atoms. The number of likely N-dealkylation sites (N-methyl/N-ethyl adjacent to an activating group) is 1. The van der Waals surface area contributed by atoms with Crippen LogP contribution in [0.2, 0.25) is 0 Å². The molecule has 1 saturated heterocycles. The van der Waals surface area contributed by atoms with Crippen LogP contribution in [0.3, 0.4) is 0 Å². The van der Waals surface area contributed by atoms with Crippen LogP contribution in [0.15, 0.2) is 91.6 Å². The molecule has 1 fully saturated rings. The fourth-order valence-electron chi connectivity index (χ4n) is 3.71. The molecule has 0 bridgehead atoms. The first-order valence-electron chi connectivity index (χ1n) is 15.6. The molecule has 3 N–H and O–H groups in total. The van der Waals surface area contributed by atoms with E-state index in [2.05, 4.69) is 126 Å². The molecule has 1 aliphatic heterocycles. The standard InChI is InChI=1S/C16H27N.C14H19N.C5H12.C2H4.CH5N/c1-6-8-16(10-9-14(3)7-2)13-15(4)11-12-17-5;1-2-13-6-8-14(9-7-13)12-15-10-4-3-5-11-15;1-4-5(2)3;2*1-2/h7,9-11,17H,2,6,8,12-13H2,1,3-5H3;2,6-9H,1,3-5,10-12H2;5H,4H2,1-3H3;1-2H2;2H2,1H3/b14-9-,15-11-,16-10?;;;;. The largest absolute Gasteiger partial charge is 0.333 e. The Morgan fingerprint density at radius 2 is 1.54 bits per heavy atom. The molecule has 234 valence electrons. The van der Waals surface area contributed by atoms with Gasteiger partial charge in [0.15, 0.2) is 0 Å². The van der Waals surface area contributed by atoms with Crippen molar-refractivity contribution in [3.8, 4) is 0 Å². The lowest BCUT2D eigenvalue weighted by atomic mass is 10.0. The second-order valence-corrected chi connectivity index (χ2v) is 10.6. The molecule has 0 saturated carbocycles. The van der Waals surface area contributed by atoms with Gasteiger partial charge in [-0.2, -0.15) is 0 Å². The maximum atomic E-state index is 4.50. The molecule has 0 atom stereocenters. The summed E-state index contributed by atoms with van der Waals surface area (Å²) in [5.74, 6) is 0.884. The van der Waals surface area contributed by atoms with Gasteiger partial charge in [0.2, 0.25) is 0 Å². The van der Waals surface area contributed by atoms with Gasteiger partial charge in [-0.3, -0.25) is 4.90 Å². The van der Waals surface area contributed by atoms with Gasteiger partial charge in [-0.1, -0.05) is 131 Å². The second kappa shape index (κ2) is 32.1. The Morgan fingerprint density at radius 1 is 0.976 bits per heavy atom. The van der Waals surface area contributed by atoms with Gasteiger partial charge in [0.05, 0.1) is 0 Å². The van der Waals surface area contributed by atoms with Crippen LogP contribution in [0, 0.1) is 5.92 Å². The van der Waals surface area contributed by atoms with Crippen LogP contribution in [0.25, 0.3) is 6.08 Å². The highest BCUT2D eigenvalue weighted by Crippen LogP contribution is 2.17. The summed E-state index contributed by atoms with van der Waals surface area (Å²) in [5.41, 5.74) is 11.3. The summed E-state index contributed by atoms with van der Waals surface area (Å²) in [5, 5.41) is 3.14. The lowest BCUT2D eigenvalue weighted by Crippen LogP contribution is -2.28. The average molecular weight is 566 g/mol. The highest BCUT2D eigenvalue weighted by molar-refractivity contribution is 5.47. The number of piperidine rings is 1. The smallest absolute Gasteiger partial charge is 0.0233 e. The number of nitrogens with zero attached hydrogens (tertiary/aromatic N) is 1. The zero-order valence-corrected chi connectivity index (χ0v) is 28.4. The van der Waals surface area contributed by atoms with Gasteiger partial charge in [0, 0.05) is 13.1 Å². The molecule has 0 amide bonds. The number of nitrogens with one attached hydrogen (secondary N) is 1. The van der Waals surface area contributed by atoms with Crippen molar-refractivity contribution in [1.29, 1.82) is 0 Å². The fraction of sp³-hybridized carbons (Fsp3) is 0.526. The van der Waals surface area contributed by atoms with Crippen LogP contribution in [0.5, 0.6) is 0 Å². The van der Waals surface area contributed by atoms with E-state index in [9.17, 15) is 0 Å². The third-order valence-electron chi connectivity index (χ3n) is 6.52. The van der Waals surface area contributed by atoms with E-state index in [0.29, 0.717) is 0 Å². The highest BCUT2D eigenvalue weighted by Gasteiger charge is 2.09. The van der Waals surface area contributed by atoms with E-state index in [1.54, 1.807) is 0 Å². The Hall–Kier alpha value is -2.46. The summed E-state index contributed by atoms with van der Waals surface area (Å²) in [4.78, 5) is 2.55. The molecule has 1 aliphatic rings. The molecule has 1 aromatic rings. The summed E-state index contributed by atoms with van der Waals surface area (Å²) in [6.45, 7) is 31.3. The van der Waals surface area contributed by atoms with Gasteiger partial charge in [-0.15, -0.1) is 13.2 Å².